The van der Waals surface area contributed by atoms with Gasteiger partial charge in [0, 0.05) is 25.7 Å². The van der Waals surface area contributed by atoms with Crippen LogP contribution in [0.1, 0.15) is 323 Å². The molecule has 0 aromatic rings. The van der Waals surface area contributed by atoms with Gasteiger partial charge in [-0.25, -0.2) is 9.13 Å². The molecule has 17 nitrogen and oxygen atoms in total. The summed E-state index contributed by atoms with van der Waals surface area (Å²) in [6.45, 7) is 4.69. The Bertz CT molecular complexity index is 2320. The highest BCUT2D eigenvalue weighted by atomic mass is 31.2. The lowest BCUT2D eigenvalue weighted by Crippen LogP contribution is -2.30. The SMILES string of the molecule is CCCCC/C=C\C/C=C\C/C=C\C/C=C\CCCC(=O)O[C@H](COC(=O)CCCCCCC/C=C\CCCCCC)COP(=O)(O)OC[C@H](O)COP(=O)(O)OC[C@@H](COC(=O)CCCCCCC/C=C\C/C=C\CCCCC)OC(=O)CCCCCCC/C=C\C/C=C\CCCCC. The van der Waals surface area contributed by atoms with E-state index in [1.165, 1.54) is 83.5 Å². The second kappa shape index (κ2) is 73.0. The molecule has 0 aliphatic carbocycles. The van der Waals surface area contributed by atoms with Gasteiger partial charge in [0.25, 0.3) is 0 Å². The lowest BCUT2D eigenvalue weighted by Gasteiger charge is -2.21. The average Bonchev–Trinajstić information content (AvgIpc) is 1.13. The van der Waals surface area contributed by atoms with E-state index in [-0.39, 0.29) is 25.7 Å². The van der Waals surface area contributed by atoms with Crippen LogP contribution in [0.25, 0.3) is 0 Å². The quantitative estimate of drug-likeness (QED) is 0.0169. The van der Waals surface area contributed by atoms with Crippen molar-refractivity contribution in [2.75, 3.05) is 39.6 Å². The molecule has 0 aliphatic rings. The third-order valence-electron chi connectivity index (χ3n) is 16.2. The van der Waals surface area contributed by atoms with Crippen LogP contribution in [0.3, 0.4) is 0 Å². The molecule has 19 heteroatoms. The van der Waals surface area contributed by atoms with E-state index in [4.69, 9.17) is 37.0 Å². The molecule has 0 aromatic heterocycles. The number of hydrogen-bond acceptors (Lipinski definition) is 15. The van der Waals surface area contributed by atoms with Crippen molar-refractivity contribution >= 4 is 39.5 Å². The Morgan fingerprint density at radius 1 is 0.280 bits per heavy atom. The van der Waals surface area contributed by atoms with E-state index in [0.29, 0.717) is 32.1 Å². The van der Waals surface area contributed by atoms with Crippen LogP contribution in [-0.2, 0) is 65.4 Å². The zero-order chi connectivity index (χ0) is 73.2. The van der Waals surface area contributed by atoms with Crippen molar-refractivity contribution in [3.05, 3.63) is 109 Å². The van der Waals surface area contributed by atoms with E-state index in [2.05, 4.69) is 125 Å². The van der Waals surface area contributed by atoms with Gasteiger partial charge in [0.1, 0.15) is 19.3 Å². The third kappa shape index (κ3) is 72.1. The van der Waals surface area contributed by atoms with Crippen LogP contribution >= 0.6 is 15.6 Å². The molecule has 3 N–H and O–H groups in total. The molecule has 100 heavy (non-hydrogen) atoms. The molecule has 0 rings (SSSR count). The Labute approximate surface area is 607 Å². The van der Waals surface area contributed by atoms with Crippen molar-refractivity contribution in [3.8, 4) is 0 Å². The summed E-state index contributed by atoms with van der Waals surface area (Å²) in [6, 6.07) is 0. The van der Waals surface area contributed by atoms with Crippen molar-refractivity contribution in [2.24, 2.45) is 0 Å². The Hall–Kier alpha value is -4.28. The number of esters is 4. The van der Waals surface area contributed by atoms with Gasteiger partial charge in [0.2, 0.25) is 0 Å². The van der Waals surface area contributed by atoms with Crippen LogP contribution in [0.5, 0.6) is 0 Å². The Morgan fingerprint density at radius 2 is 0.500 bits per heavy atom. The number of allylic oxidation sites excluding steroid dienone is 18. The summed E-state index contributed by atoms with van der Waals surface area (Å²) < 4.78 is 68.4. The number of rotatable bonds is 73. The van der Waals surface area contributed by atoms with E-state index in [9.17, 15) is 43.2 Å². The van der Waals surface area contributed by atoms with Crippen molar-refractivity contribution in [3.63, 3.8) is 0 Å². The average molecular weight is 1450 g/mol. The van der Waals surface area contributed by atoms with E-state index in [1.54, 1.807) is 0 Å². The van der Waals surface area contributed by atoms with Crippen molar-refractivity contribution < 1.29 is 80.2 Å². The Morgan fingerprint density at radius 3 is 0.820 bits per heavy atom. The predicted octanol–water partition coefficient (Wildman–Crippen LogP) is 22.6. The molecule has 0 heterocycles. The first-order valence-electron chi connectivity index (χ1n) is 39.1. The second-order valence-electron chi connectivity index (χ2n) is 25.9. The van der Waals surface area contributed by atoms with Gasteiger partial charge in [-0.15, -0.1) is 0 Å². The molecular formula is C81H140O17P2. The molecule has 0 aliphatic heterocycles. The van der Waals surface area contributed by atoms with E-state index < -0.39 is 97.5 Å². The number of carbonyl (C=O) groups excluding carboxylic acids is 4. The summed E-state index contributed by atoms with van der Waals surface area (Å²) in [6.07, 6.45) is 77.9. The standard InChI is InChI=1S/C81H140O17P2/c1-5-9-13-17-21-25-29-33-36-37-40-44-48-52-56-60-64-68-81(86)98-76(71-91-78(83)65-61-57-53-49-45-41-32-28-24-20-16-12-8-4)73-95-99(87,88)93-69-75(82)70-94-100(89,90)96-74-77(97-80(85)67-63-59-55-51-47-43-39-35-31-27-23-19-15-11-7-3)72-92-79(84)66-62-58-54-50-46-42-38-34-30-26-22-18-14-10-6-2/h21-23,25-28,32-36,38-40,44,52,56,75-77,82H,5-20,24,29-31,37,41-43,45-51,53-55,57-74H2,1-4H3,(H,87,88)(H,89,90)/b25-21-,26-22-,27-23-,32-28-,36-33-,38-34-,39-35-,44-40-,56-52-/t75-,76+,77+/m0/s1. The fourth-order valence-corrected chi connectivity index (χ4v) is 11.7. The minimum absolute atomic E-state index is 0.0164. The zero-order valence-electron chi connectivity index (χ0n) is 62.8. The number of carbonyl (C=O) groups is 4. The van der Waals surface area contributed by atoms with Gasteiger partial charge in [-0.3, -0.25) is 37.3 Å². The van der Waals surface area contributed by atoms with Crippen LogP contribution in [-0.4, -0.2) is 96.7 Å². The van der Waals surface area contributed by atoms with Gasteiger partial charge in [0.05, 0.1) is 26.4 Å². The fourth-order valence-electron chi connectivity index (χ4n) is 10.1. The molecule has 2 unspecified atom stereocenters. The summed E-state index contributed by atoms with van der Waals surface area (Å²) in [7, 11) is -9.98. The number of phosphoric acid groups is 2. The highest BCUT2D eigenvalue weighted by Crippen LogP contribution is 2.45. The minimum Gasteiger partial charge on any atom is -0.462 e. The molecule has 0 spiro atoms. The van der Waals surface area contributed by atoms with Gasteiger partial charge in [-0.1, -0.05) is 253 Å². The summed E-state index contributed by atoms with van der Waals surface area (Å²) in [5, 5.41) is 10.6. The summed E-state index contributed by atoms with van der Waals surface area (Å²) in [5.74, 6) is -2.27. The molecule has 0 saturated carbocycles. The first-order valence-corrected chi connectivity index (χ1v) is 42.1. The molecular weight excluding hydrogens is 1310 g/mol. The third-order valence-corrected chi connectivity index (χ3v) is 18.1. The van der Waals surface area contributed by atoms with Crippen LogP contribution in [0.4, 0.5) is 0 Å². The lowest BCUT2D eigenvalue weighted by atomic mass is 10.1. The highest BCUT2D eigenvalue weighted by molar-refractivity contribution is 7.47. The molecule has 0 radical (unpaired) electrons. The molecule has 0 saturated heterocycles. The minimum atomic E-state index is -4.99. The first kappa shape index (κ1) is 95.7. The fraction of sp³-hybridized carbons (Fsp3) is 0.728. The number of phosphoric ester groups is 2. The number of hydrogen-bond donors (Lipinski definition) is 3. The molecule has 0 amide bonds. The van der Waals surface area contributed by atoms with Gasteiger partial charge < -0.3 is 33.8 Å². The van der Waals surface area contributed by atoms with Gasteiger partial charge in [0.15, 0.2) is 12.2 Å². The lowest BCUT2D eigenvalue weighted by molar-refractivity contribution is -0.161. The maximum Gasteiger partial charge on any atom is 0.472 e. The summed E-state index contributed by atoms with van der Waals surface area (Å²) in [5.41, 5.74) is 0. The van der Waals surface area contributed by atoms with Crippen molar-refractivity contribution in [2.45, 2.75) is 341 Å². The first-order chi connectivity index (χ1) is 48.7. The van der Waals surface area contributed by atoms with Crippen molar-refractivity contribution in [1.29, 1.82) is 0 Å². The van der Waals surface area contributed by atoms with Crippen LogP contribution in [0, 0.1) is 0 Å². The molecule has 5 atom stereocenters. The smallest absolute Gasteiger partial charge is 0.462 e. The molecule has 0 bridgehead atoms. The number of ether oxygens (including phenoxy) is 4. The highest BCUT2D eigenvalue weighted by Gasteiger charge is 2.30. The van der Waals surface area contributed by atoms with Gasteiger partial charge in [-0.05, 0) is 154 Å². The zero-order valence-corrected chi connectivity index (χ0v) is 64.6. The number of unbranched alkanes of at least 4 members (excludes halogenated alkanes) is 29. The molecule has 0 aromatic carbocycles. The van der Waals surface area contributed by atoms with Crippen LogP contribution < -0.4 is 0 Å². The number of aliphatic hydroxyl groups is 1. The summed E-state index contributed by atoms with van der Waals surface area (Å²) in [4.78, 5) is 72.9. The van der Waals surface area contributed by atoms with Gasteiger partial charge in [-0.2, -0.15) is 0 Å². The van der Waals surface area contributed by atoms with E-state index in [0.717, 1.165) is 154 Å². The Kier molecular flexibility index (Phi) is 69.9. The van der Waals surface area contributed by atoms with E-state index in [1.807, 2.05) is 12.2 Å². The number of aliphatic hydroxyl groups excluding tert-OH is 1. The largest absolute Gasteiger partial charge is 0.472 e. The van der Waals surface area contributed by atoms with Crippen molar-refractivity contribution in [1.82, 2.24) is 0 Å². The molecule has 0 fully saturated rings. The second-order valence-corrected chi connectivity index (χ2v) is 28.8. The Balaban J connectivity index is 5.43. The normalized spacial score (nSPS) is 14.5. The predicted molar refractivity (Wildman–Crippen MR) is 408 cm³/mol. The topological polar surface area (TPSA) is 237 Å². The maximum absolute atomic E-state index is 13.1. The van der Waals surface area contributed by atoms with E-state index >= 15 is 0 Å². The van der Waals surface area contributed by atoms with Crippen LogP contribution in [0.15, 0.2) is 109 Å². The summed E-state index contributed by atoms with van der Waals surface area (Å²) >= 11 is 0. The maximum atomic E-state index is 13.1. The monoisotopic (exact) mass is 1450 g/mol. The van der Waals surface area contributed by atoms with Gasteiger partial charge >= 0.3 is 39.5 Å². The molecule has 576 valence electrons. The van der Waals surface area contributed by atoms with Crippen LogP contribution in [0.2, 0.25) is 0 Å².